The summed E-state index contributed by atoms with van der Waals surface area (Å²) >= 11 is 0. The number of hydrogen-bond acceptors (Lipinski definition) is 5. The van der Waals surface area contributed by atoms with Gasteiger partial charge in [-0.1, -0.05) is 6.92 Å². The van der Waals surface area contributed by atoms with E-state index < -0.39 is 0 Å². The Morgan fingerprint density at radius 1 is 1.14 bits per heavy atom. The molecule has 0 N–H and O–H groups in total. The number of carbonyl (C=O) groups excluding carboxylic acids is 2. The smallest absolute Gasteiger partial charge is 0.334 e. The van der Waals surface area contributed by atoms with Crippen LogP contribution in [0.5, 0.6) is 0 Å². The zero-order chi connectivity index (χ0) is 15.4. The van der Waals surface area contributed by atoms with E-state index >= 15 is 0 Å². The monoisotopic (exact) mass is 305 g/mol. The second-order valence-electron chi connectivity index (χ2n) is 7.15. The van der Waals surface area contributed by atoms with Gasteiger partial charge in [0, 0.05) is 17.5 Å². The van der Waals surface area contributed by atoms with Crippen LogP contribution in [0.3, 0.4) is 0 Å². The number of rotatable bonds is 1. The zero-order valence-corrected chi connectivity index (χ0v) is 13.2. The van der Waals surface area contributed by atoms with Gasteiger partial charge in [0.15, 0.2) is 0 Å². The molecule has 3 fully saturated rings. The molecule has 4 heterocycles. The molecule has 22 heavy (non-hydrogen) atoms. The second kappa shape index (κ2) is 5.08. The fraction of sp³-hybridized carbons (Fsp3) is 0.765. The van der Waals surface area contributed by atoms with Gasteiger partial charge in [-0.3, -0.25) is 9.69 Å². The van der Waals surface area contributed by atoms with Gasteiger partial charge in [0.1, 0.15) is 12.2 Å². The topological polar surface area (TPSA) is 55.8 Å². The third-order valence-corrected chi connectivity index (χ3v) is 5.96. The van der Waals surface area contributed by atoms with Crippen LogP contribution < -0.4 is 0 Å². The molecular formula is C17H23NO4. The van der Waals surface area contributed by atoms with Crippen molar-refractivity contribution in [2.45, 2.75) is 63.8 Å². The molecule has 0 amide bonds. The maximum Gasteiger partial charge on any atom is 0.334 e. The lowest BCUT2D eigenvalue weighted by molar-refractivity contribution is -0.144. The summed E-state index contributed by atoms with van der Waals surface area (Å²) in [7, 11) is 0. The van der Waals surface area contributed by atoms with Gasteiger partial charge in [-0.2, -0.15) is 0 Å². The van der Waals surface area contributed by atoms with Crippen molar-refractivity contribution >= 4 is 11.9 Å². The molecule has 6 atom stereocenters. The van der Waals surface area contributed by atoms with E-state index in [1.54, 1.807) is 0 Å². The minimum Gasteiger partial charge on any atom is -0.462 e. The highest BCUT2D eigenvalue weighted by Crippen LogP contribution is 2.44. The number of ether oxygens (including phenoxy) is 2. The van der Waals surface area contributed by atoms with Crippen molar-refractivity contribution < 1.29 is 19.1 Å². The van der Waals surface area contributed by atoms with E-state index in [2.05, 4.69) is 4.90 Å². The Morgan fingerprint density at radius 2 is 1.91 bits per heavy atom. The molecule has 0 aliphatic carbocycles. The molecule has 3 saturated heterocycles. The van der Waals surface area contributed by atoms with Crippen LogP contribution in [0.1, 0.15) is 39.5 Å². The minimum absolute atomic E-state index is 0.0160. The molecular weight excluding hydrogens is 282 g/mol. The van der Waals surface area contributed by atoms with Gasteiger partial charge in [-0.25, -0.2) is 4.79 Å². The van der Waals surface area contributed by atoms with Crippen molar-refractivity contribution in [2.75, 3.05) is 6.54 Å². The molecule has 0 aromatic carbocycles. The fourth-order valence-corrected chi connectivity index (χ4v) is 4.89. The summed E-state index contributed by atoms with van der Waals surface area (Å²) in [5.41, 5.74) is 0.717. The molecule has 0 radical (unpaired) electrons. The van der Waals surface area contributed by atoms with Gasteiger partial charge in [0.05, 0.1) is 12.0 Å². The average molecular weight is 305 g/mol. The summed E-state index contributed by atoms with van der Waals surface area (Å²) < 4.78 is 11.1. The molecule has 4 rings (SSSR count). The Bertz CT molecular complexity index is 543. The third-order valence-electron chi connectivity index (χ3n) is 5.96. The van der Waals surface area contributed by atoms with Gasteiger partial charge in [0.2, 0.25) is 0 Å². The highest BCUT2D eigenvalue weighted by molar-refractivity contribution is 5.90. The van der Waals surface area contributed by atoms with Crippen LogP contribution in [0.4, 0.5) is 0 Å². The number of nitrogens with zero attached hydrogens (tertiary/aromatic N) is 1. The van der Waals surface area contributed by atoms with Gasteiger partial charge in [0.25, 0.3) is 0 Å². The van der Waals surface area contributed by atoms with E-state index in [9.17, 15) is 9.59 Å². The molecule has 4 aliphatic heterocycles. The molecule has 0 aromatic heterocycles. The lowest BCUT2D eigenvalue weighted by Crippen LogP contribution is -2.46. The average Bonchev–Trinajstić information content (AvgIpc) is 3.07. The summed E-state index contributed by atoms with van der Waals surface area (Å²) in [6, 6.07) is 0.639. The lowest BCUT2D eigenvalue weighted by atomic mass is 9.83. The highest BCUT2D eigenvalue weighted by Gasteiger charge is 2.53. The molecule has 5 heteroatoms. The van der Waals surface area contributed by atoms with Crippen LogP contribution in [0.2, 0.25) is 0 Å². The number of fused-ring (bicyclic) bond motifs is 3. The Morgan fingerprint density at radius 3 is 2.64 bits per heavy atom. The van der Waals surface area contributed by atoms with Gasteiger partial charge in [-0.05, 0) is 45.2 Å². The summed E-state index contributed by atoms with van der Waals surface area (Å²) in [5, 5.41) is 0. The van der Waals surface area contributed by atoms with Crippen molar-refractivity contribution in [1.82, 2.24) is 4.90 Å². The number of cyclic esters (lactones) is 1. The third kappa shape index (κ3) is 2.02. The molecule has 0 aromatic rings. The first kappa shape index (κ1) is 14.2. The van der Waals surface area contributed by atoms with Crippen molar-refractivity contribution in [3.63, 3.8) is 0 Å². The summed E-state index contributed by atoms with van der Waals surface area (Å²) in [6.45, 7) is 4.83. The number of carbonyl (C=O) groups is 2. The number of hydrogen-bond donors (Lipinski definition) is 0. The summed E-state index contributed by atoms with van der Waals surface area (Å²) in [5.74, 6) is 0.0529. The Labute approximate surface area is 130 Å². The molecule has 120 valence electrons. The zero-order valence-electron chi connectivity index (χ0n) is 13.2. The number of esters is 2. The van der Waals surface area contributed by atoms with Crippen LogP contribution in [0.15, 0.2) is 11.6 Å². The fourth-order valence-electron chi connectivity index (χ4n) is 4.89. The largest absolute Gasteiger partial charge is 0.462 e. The predicted molar refractivity (Wildman–Crippen MR) is 78.9 cm³/mol. The van der Waals surface area contributed by atoms with E-state index in [4.69, 9.17) is 9.47 Å². The maximum atomic E-state index is 11.9. The summed E-state index contributed by atoms with van der Waals surface area (Å²) in [6.07, 6.45) is 6.01. The molecule has 5 nitrogen and oxygen atoms in total. The normalized spacial score (nSPS) is 44.9. The molecule has 0 bridgehead atoms. The van der Waals surface area contributed by atoms with E-state index in [0.29, 0.717) is 17.5 Å². The molecule has 0 saturated carbocycles. The maximum absolute atomic E-state index is 11.9. The highest BCUT2D eigenvalue weighted by atomic mass is 16.6. The van der Waals surface area contributed by atoms with E-state index in [1.165, 1.54) is 0 Å². The predicted octanol–water partition coefficient (Wildman–Crippen LogP) is 1.66. The molecule has 4 aliphatic rings. The van der Waals surface area contributed by atoms with Crippen LogP contribution in [0.25, 0.3) is 0 Å². The quantitative estimate of drug-likeness (QED) is 0.690. The molecule has 0 spiro atoms. The first-order chi connectivity index (χ1) is 10.6. The Hall–Kier alpha value is -1.36. The van der Waals surface area contributed by atoms with Gasteiger partial charge >= 0.3 is 11.9 Å². The van der Waals surface area contributed by atoms with Gasteiger partial charge in [-0.15, -0.1) is 0 Å². The lowest BCUT2D eigenvalue weighted by Gasteiger charge is -2.34. The van der Waals surface area contributed by atoms with Crippen molar-refractivity contribution in [1.29, 1.82) is 0 Å². The van der Waals surface area contributed by atoms with E-state index in [0.717, 1.165) is 32.2 Å². The SMILES string of the molecule is CC1=C[C@@H](C2CC[C@H]3[C@H]4C(C)C(=O)O[C@@H]4CCCN23)OC1=O. The van der Waals surface area contributed by atoms with Crippen molar-refractivity contribution in [3.8, 4) is 0 Å². The van der Waals surface area contributed by atoms with Crippen LogP contribution in [-0.2, 0) is 19.1 Å². The van der Waals surface area contributed by atoms with E-state index in [1.807, 2.05) is 19.9 Å². The second-order valence-corrected chi connectivity index (χ2v) is 7.15. The molecule has 2 unspecified atom stereocenters. The van der Waals surface area contributed by atoms with Gasteiger partial charge < -0.3 is 9.47 Å². The minimum atomic E-state index is -0.186. The summed E-state index contributed by atoms with van der Waals surface area (Å²) in [4.78, 5) is 26.1. The Kier molecular flexibility index (Phi) is 3.29. The van der Waals surface area contributed by atoms with Crippen LogP contribution >= 0.6 is 0 Å². The van der Waals surface area contributed by atoms with Crippen molar-refractivity contribution in [3.05, 3.63) is 11.6 Å². The van der Waals surface area contributed by atoms with Crippen LogP contribution in [0, 0.1) is 11.8 Å². The standard InChI is InChI=1S/C17H23NO4/c1-9-8-14(22-16(9)19)11-5-6-12-15-10(2)17(20)21-13(15)4-3-7-18(11)12/h8,10-15H,3-7H2,1-2H3/t10?,11?,12-,13+,14-,15+/m0/s1. The first-order valence-corrected chi connectivity index (χ1v) is 8.42. The Balaban J connectivity index is 1.58. The van der Waals surface area contributed by atoms with Crippen molar-refractivity contribution in [2.24, 2.45) is 11.8 Å². The first-order valence-electron chi connectivity index (χ1n) is 8.42. The van der Waals surface area contributed by atoms with E-state index in [-0.39, 0.29) is 36.1 Å². The van der Waals surface area contributed by atoms with Crippen LogP contribution in [-0.4, -0.2) is 47.7 Å².